The molecule has 0 N–H and O–H groups in total. The van der Waals surface area contributed by atoms with E-state index in [1.165, 1.54) is 16.7 Å². The van der Waals surface area contributed by atoms with Gasteiger partial charge >= 0.3 is 0 Å². The van der Waals surface area contributed by atoms with Crippen molar-refractivity contribution in [3.8, 4) is 18.1 Å². The van der Waals surface area contributed by atoms with Gasteiger partial charge in [0.15, 0.2) is 0 Å². The van der Waals surface area contributed by atoms with Gasteiger partial charge in [-0.1, -0.05) is 78.2 Å². The number of ether oxygens (including phenoxy) is 1. The minimum Gasteiger partial charge on any atom is -0.492 e. The van der Waals surface area contributed by atoms with Gasteiger partial charge in [0.1, 0.15) is 5.75 Å². The Morgan fingerprint density at radius 2 is 1.67 bits per heavy atom. The van der Waals surface area contributed by atoms with Crippen LogP contribution in [0, 0.1) is 12.3 Å². The molecule has 3 rings (SSSR count). The monoisotopic (exact) mass is 416 g/mol. The minimum absolute atomic E-state index is 0.351. The van der Waals surface area contributed by atoms with Gasteiger partial charge in [-0.15, -0.1) is 6.42 Å². The molecule has 3 aromatic carbocycles. The van der Waals surface area contributed by atoms with E-state index >= 15 is 0 Å². The lowest BCUT2D eigenvalue weighted by molar-refractivity contribution is 0.340. The summed E-state index contributed by atoms with van der Waals surface area (Å²) in [5.74, 6) is 3.71. The predicted molar refractivity (Wildman–Crippen MR) is 127 cm³/mol. The van der Waals surface area contributed by atoms with Gasteiger partial charge in [-0.25, -0.2) is 0 Å². The average molecular weight is 417 g/mol. The zero-order valence-corrected chi connectivity index (χ0v) is 18.6. The van der Waals surface area contributed by atoms with Gasteiger partial charge in [-0.2, -0.15) is 0 Å². The highest BCUT2D eigenvalue weighted by Gasteiger charge is 2.24. The molecule has 0 saturated heterocycles. The number of benzene rings is 3. The topological polar surface area (TPSA) is 9.23 Å². The second kappa shape index (κ2) is 10.4. The van der Waals surface area contributed by atoms with Crippen molar-refractivity contribution in [2.45, 2.75) is 44.9 Å². The average Bonchev–Trinajstić information content (AvgIpc) is 2.76. The highest BCUT2D eigenvalue weighted by Crippen LogP contribution is 2.34. The van der Waals surface area contributed by atoms with Crippen LogP contribution in [0.25, 0.3) is 0 Å². The number of halogens is 1. The lowest BCUT2D eigenvalue weighted by atomic mass is 9.78. The summed E-state index contributed by atoms with van der Waals surface area (Å²) in [6, 6.07) is 25.4. The van der Waals surface area contributed by atoms with Crippen molar-refractivity contribution in [1.29, 1.82) is 0 Å². The van der Waals surface area contributed by atoms with E-state index in [4.69, 9.17) is 22.8 Å². The molecule has 2 heteroatoms. The van der Waals surface area contributed by atoms with Crippen LogP contribution in [0.4, 0.5) is 0 Å². The maximum Gasteiger partial charge on any atom is 0.137 e. The zero-order valence-electron chi connectivity index (χ0n) is 17.8. The van der Waals surface area contributed by atoms with Gasteiger partial charge in [-0.05, 0) is 73.9 Å². The van der Waals surface area contributed by atoms with E-state index in [-0.39, 0.29) is 5.41 Å². The molecule has 1 atom stereocenters. The molecule has 0 aliphatic heterocycles. The molecule has 0 fully saturated rings. The fourth-order valence-corrected chi connectivity index (χ4v) is 4.02. The Hall–Kier alpha value is -2.69. The van der Waals surface area contributed by atoms with Crippen LogP contribution < -0.4 is 4.74 Å². The van der Waals surface area contributed by atoms with Crippen molar-refractivity contribution in [2.24, 2.45) is 0 Å². The maximum atomic E-state index is 6.39. The smallest absolute Gasteiger partial charge is 0.137 e. The Morgan fingerprint density at radius 1 is 0.933 bits per heavy atom. The molecule has 0 aliphatic rings. The summed E-state index contributed by atoms with van der Waals surface area (Å²) in [7, 11) is 0. The second-order valence-corrected chi connectivity index (χ2v) is 8.30. The lowest BCUT2D eigenvalue weighted by Gasteiger charge is -2.25. The summed E-state index contributed by atoms with van der Waals surface area (Å²) < 4.78 is 5.55. The third-order valence-electron chi connectivity index (χ3n) is 5.57. The van der Waals surface area contributed by atoms with Crippen LogP contribution in [0.2, 0.25) is 5.02 Å². The van der Waals surface area contributed by atoms with Gasteiger partial charge in [0, 0.05) is 0 Å². The molecule has 0 radical (unpaired) electrons. The Morgan fingerprint density at radius 3 is 2.37 bits per heavy atom. The standard InChI is InChI=1S/C28H29ClO/c1-4-28(3,25-16-17-27(30-5-2)26(29)21-25)18-10-15-23-13-9-14-24(20-23)19-22-11-7-6-8-12-22/h1,6-9,11-14,16-17,20-21H,5,10,15,18-19H2,2-3H3. The predicted octanol–water partition coefficient (Wildman–Crippen LogP) is 7.24. The molecule has 0 saturated carbocycles. The van der Waals surface area contributed by atoms with Gasteiger partial charge in [0.2, 0.25) is 0 Å². The van der Waals surface area contributed by atoms with E-state index in [0.717, 1.165) is 31.2 Å². The first kappa shape index (κ1) is 22.0. The third-order valence-corrected chi connectivity index (χ3v) is 5.87. The summed E-state index contributed by atoms with van der Waals surface area (Å²) in [5.41, 5.74) is 4.75. The van der Waals surface area contributed by atoms with E-state index in [0.29, 0.717) is 17.4 Å². The molecule has 0 bridgehead atoms. The largest absolute Gasteiger partial charge is 0.492 e. The van der Waals surface area contributed by atoms with Crippen LogP contribution in [0.5, 0.6) is 5.75 Å². The Balaban J connectivity index is 1.64. The summed E-state index contributed by atoms with van der Waals surface area (Å²) in [4.78, 5) is 0. The number of hydrogen-bond acceptors (Lipinski definition) is 1. The summed E-state index contributed by atoms with van der Waals surface area (Å²) in [6.07, 6.45) is 9.83. The lowest BCUT2D eigenvalue weighted by Crippen LogP contribution is -2.20. The Labute approximate surface area is 186 Å². The van der Waals surface area contributed by atoms with Crippen LogP contribution in [0.15, 0.2) is 72.8 Å². The van der Waals surface area contributed by atoms with Gasteiger partial charge in [0.05, 0.1) is 17.0 Å². The molecule has 30 heavy (non-hydrogen) atoms. The number of rotatable bonds is 9. The van der Waals surface area contributed by atoms with Crippen molar-refractivity contribution >= 4 is 11.6 Å². The number of aryl methyl sites for hydroxylation is 1. The normalized spacial score (nSPS) is 12.7. The van der Waals surface area contributed by atoms with E-state index < -0.39 is 0 Å². The Bertz CT molecular complexity index is 1000. The molecule has 0 heterocycles. The van der Waals surface area contributed by atoms with E-state index in [9.17, 15) is 0 Å². The first-order valence-corrected chi connectivity index (χ1v) is 10.9. The minimum atomic E-state index is -0.351. The molecule has 1 unspecified atom stereocenters. The first-order valence-electron chi connectivity index (χ1n) is 10.6. The van der Waals surface area contributed by atoms with E-state index in [1.807, 2.05) is 25.1 Å². The highest BCUT2D eigenvalue weighted by molar-refractivity contribution is 6.32. The number of terminal acetylenes is 1. The first-order chi connectivity index (χ1) is 14.5. The molecular formula is C28H29ClO. The quantitative estimate of drug-likeness (QED) is 0.334. The maximum absolute atomic E-state index is 6.39. The highest BCUT2D eigenvalue weighted by atomic mass is 35.5. The van der Waals surface area contributed by atoms with Gasteiger partial charge < -0.3 is 4.74 Å². The van der Waals surface area contributed by atoms with Crippen molar-refractivity contribution in [3.63, 3.8) is 0 Å². The zero-order chi connectivity index (χ0) is 21.4. The van der Waals surface area contributed by atoms with E-state index in [1.54, 1.807) is 0 Å². The molecule has 0 aliphatic carbocycles. The van der Waals surface area contributed by atoms with Crippen molar-refractivity contribution in [2.75, 3.05) is 6.61 Å². The second-order valence-electron chi connectivity index (χ2n) is 7.89. The fraction of sp³-hybridized carbons (Fsp3) is 0.286. The SMILES string of the molecule is C#CC(C)(CCCc1cccc(Cc2ccccc2)c1)c1ccc(OCC)c(Cl)c1. The van der Waals surface area contributed by atoms with Crippen LogP contribution in [-0.4, -0.2) is 6.61 Å². The molecule has 154 valence electrons. The van der Waals surface area contributed by atoms with Gasteiger partial charge in [-0.3, -0.25) is 0 Å². The number of hydrogen-bond donors (Lipinski definition) is 0. The molecular weight excluding hydrogens is 388 g/mol. The van der Waals surface area contributed by atoms with Gasteiger partial charge in [0.25, 0.3) is 0 Å². The third kappa shape index (κ3) is 5.68. The summed E-state index contributed by atoms with van der Waals surface area (Å²) >= 11 is 6.39. The van der Waals surface area contributed by atoms with Crippen molar-refractivity contribution in [1.82, 2.24) is 0 Å². The van der Waals surface area contributed by atoms with Crippen LogP contribution in [-0.2, 0) is 18.3 Å². The van der Waals surface area contributed by atoms with Crippen LogP contribution in [0.1, 0.15) is 48.9 Å². The molecule has 3 aromatic rings. The molecule has 0 spiro atoms. The summed E-state index contributed by atoms with van der Waals surface area (Å²) in [5, 5.41) is 0.615. The summed E-state index contributed by atoms with van der Waals surface area (Å²) in [6.45, 7) is 4.66. The van der Waals surface area contributed by atoms with Crippen molar-refractivity contribution in [3.05, 3.63) is 100 Å². The van der Waals surface area contributed by atoms with E-state index in [2.05, 4.69) is 67.4 Å². The molecule has 0 amide bonds. The van der Waals surface area contributed by atoms with Crippen LogP contribution in [0.3, 0.4) is 0 Å². The molecule has 0 aromatic heterocycles. The fourth-order valence-electron chi connectivity index (χ4n) is 3.79. The Kier molecular flexibility index (Phi) is 7.61. The van der Waals surface area contributed by atoms with Crippen molar-refractivity contribution < 1.29 is 4.74 Å². The molecule has 1 nitrogen and oxygen atoms in total. The van der Waals surface area contributed by atoms with Crippen LogP contribution >= 0.6 is 11.6 Å².